The molecule has 0 radical (unpaired) electrons. The lowest BCUT2D eigenvalue weighted by molar-refractivity contribution is 0.720. The van der Waals surface area contributed by atoms with Crippen LogP contribution < -0.4 is 16.2 Å². The number of nitrogens with one attached hydrogen (secondary N) is 2. The zero-order valence-electron chi connectivity index (χ0n) is 16.7. The third kappa shape index (κ3) is 4.36. The minimum Gasteiger partial charge on any atom is -0.367 e. The summed E-state index contributed by atoms with van der Waals surface area (Å²) >= 11 is 6.07. The Morgan fingerprint density at radius 2 is 1.74 bits per heavy atom. The second-order valence-electron chi connectivity index (χ2n) is 7.69. The van der Waals surface area contributed by atoms with Crippen LogP contribution in [-0.4, -0.2) is 31.6 Å². The molecule has 1 aliphatic carbocycles. The summed E-state index contributed by atoms with van der Waals surface area (Å²) in [5.41, 5.74) is 2.28. The number of pyridine rings is 2. The highest BCUT2D eigenvalue weighted by molar-refractivity contribution is 6.31. The molecule has 0 spiro atoms. The standard InChI is InChI=1S/C23H21ClN6O/c24-15-4-8-19-20(11-15)29-22(14-25-19)28-17-6-5-16(12-17)27-21-9-7-18(13-26-21)30-10-2-1-3-23(30)31/h1-4,7-11,13-14,16-17H,5-6,12H2,(H,26,27)(H,28,29)/t16-,17-/m0/s1. The molecule has 7 nitrogen and oxygen atoms in total. The summed E-state index contributed by atoms with van der Waals surface area (Å²) in [6.45, 7) is 0. The van der Waals surface area contributed by atoms with Gasteiger partial charge in [0.1, 0.15) is 11.6 Å². The van der Waals surface area contributed by atoms with Crippen LogP contribution in [0.25, 0.3) is 16.7 Å². The number of hydrogen-bond acceptors (Lipinski definition) is 6. The van der Waals surface area contributed by atoms with E-state index in [1.807, 2.05) is 36.4 Å². The molecular formula is C23H21ClN6O. The number of aromatic nitrogens is 4. The van der Waals surface area contributed by atoms with E-state index in [9.17, 15) is 4.79 Å². The van der Waals surface area contributed by atoms with Crippen LogP contribution in [0.1, 0.15) is 19.3 Å². The average molecular weight is 433 g/mol. The number of nitrogens with zero attached hydrogens (tertiary/aromatic N) is 4. The molecule has 3 heterocycles. The Morgan fingerprint density at radius 3 is 2.52 bits per heavy atom. The summed E-state index contributed by atoms with van der Waals surface area (Å²) in [5.74, 6) is 1.56. The van der Waals surface area contributed by atoms with Gasteiger partial charge in [-0.15, -0.1) is 0 Å². The largest absolute Gasteiger partial charge is 0.367 e. The van der Waals surface area contributed by atoms with Crippen molar-refractivity contribution in [3.8, 4) is 5.69 Å². The molecule has 2 N–H and O–H groups in total. The van der Waals surface area contributed by atoms with E-state index >= 15 is 0 Å². The molecule has 2 atom stereocenters. The highest BCUT2D eigenvalue weighted by Gasteiger charge is 2.25. The van der Waals surface area contributed by atoms with Crippen molar-refractivity contribution >= 4 is 34.3 Å². The molecule has 156 valence electrons. The summed E-state index contributed by atoms with van der Waals surface area (Å²) in [7, 11) is 0. The third-order valence-electron chi connectivity index (χ3n) is 5.49. The van der Waals surface area contributed by atoms with Crippen molar-refractivity contribution in [3.05, 3.63) is 82.5 Å². The van der Waals surface area contributed by atoms with Gasteiger partial charge in [0.05, 0.1) is 29.1 Å². The summed E-state index contributed by atoms with van der Waals surface area (Å²) in [6, 6.07) is 15.0. The van der Waals surface area contributed by atoms with Crippen LogP contribution in [0.5, 0.6) is 0 Å². The first kappa shape index (κ1) is 19.5. The van der Waals surface area contributed by atoms with Crippen LogP contribution in [0.2, 0.25) is 5.02 Å². The van der Waals surface area contributed by atoms with E-state index in [1.165, 1.54) is 6.07 Å². The fraction of sp³-hybridized carbons (Fsp3) is 0.217. The van der Waals surface area contributed by atoms with Crippen molar-refractivity contribution < 1.29 is 0 Å². The summed E-state index contributed by atoms with van der Waals surface area (Å²) < 4.78 is 1.57. The van der Waals surface area contributed by atoms with Gasteiger partial charge in [0.15, 0.2) is 0 Å². The molecule has 5 rings (SSSR count). The van der Waals surface area contributed by atoms with Gasteiger partial charge in [-0.3, -0.25) is 14.3 Å². The molecule has 1 aromatic carbocycles. The molecule has 4 aromatic rings. The summed E-state index contributed by atoms with van der Waals surface area (Å²) in [4.78, 5) is 25.5. The van der Waals surface area contributed by atoms with Gasteiger partial charge < -0.3 is 10.6 Å². The quantitative estimate of drug-likeness (QED) is 0.489. The Kier molecular flexibility index (Phi) is 5.26. The Labute approximate surface area is 184 Å². The van der Waals surface area contributed by atoms with Gasteiger partial charge in [-0.2, -0.15) is 0 Å². The van der Waals surface area contributed by atoms with E-state index in [2.05, 4.69) is 25.6 Å². The maximum atomic E-state index is 12.0. The lowest BCUT2D eigenvalue weighted by Gasteiger charge is -2.16. The number of benzene rings is 1. The zero-order valence-corrected chi connectivity index (χ0v) is 17.5. The first-order chi connectivity index (χ1) is 15.1. The molecular weight excluding hydrogens is 412 g/mol. The van der Waals surface area contributed by atoms with Crippen LogP contribution in [-0.2, 0) is 0 Å². The average Bonchev–Trinajstić information content (AvgIpc) is 3.21. The zero-order chi connectivity index (χ0) is 21.2. The van der Waals surface area contributed by atoms with Crippen LogP contribution in [0.15, 0.2) is 71.9 Å². The topological polar surface area (TPSA) is 84.7 Å². The van der Waals surface area contributed by atoms with Crippen LogP contribution >= 0.6 is 11.6 Å². The number of hydrogen-bond donors (Lipinski definition) is 2. The molecule has 0 aliphatic heterocycles. The molecule has 1 fully saturated rings. The maximum absolute atomic E-state index is 12.0. The SMILES string of the molecule is O=c1ccccn1-c1ccc(N[C@H]2CC[C@H](Nc3cnc4ccc(Cl)cc4n3)C2)nc1. The normalized spacial score (nSPS) is 18.2. The molecule has 1 aliphatic rings. The van der Waals surface area contributed by atoms with Crippen molar-refractivity contribution in [2.24, 2.45) is 0 Å². The van der Waals surface area contributed by atoms with Crippen LogP contribution in [0.4, 0.5) is 11.6 Å². The number of fused-ring (bicyclic) bond motifs is 1. The van der Waals surface area contributed by atoms with E-state index < -0.39 is 0 Å². The Bertz CT molecular complexity index is 1270. The fourth-order valence-corrected chi connectivity index (χ4v) is 4.14. The van der Waals surface area contributed by atoms with Gasteiger partial charge in [0.25, 0.3) is 5.56 Å². The molecule has 3 aromatic heterocycles. The molecule has 0 saturated heterocycles. The van der Waals surface area contributed by atoms with Gasteiger partial charge in [-0.1, -0.05) is 17.7 Å². The molecule has 0 amide bonds. The van der Waals surface area contributed by atoms with E-state index in [0.717, 1.165) is 47.6 Å². The van der Waals surface area contributed by atoms with Crippen molar-refractivity contribution in [3.63, 3.8) is 0 Å². The second-order valence-corrected chi connectivity index (χ2v) is 8.13. The third-order valence-corrected chi connectivity index (χ3v) is 5.72. The monoisotopic (exact) mass is 432 g/mol. The van der Waals surface area contributed by atoms with Crippen LogP contribution in [0, 0.1) is 0 Å². The first-order valence-corrected chi connectivity index (χ1v) is 10.6. The fourth-order valence-electron chi connectivity index (χ4n) is 3.97. The lowest BCUT2D eigenvalue weighted by Crippen LogP contribution is -2.21. The highest BCUT2D eigenvalue weighted by Crippen LogP contribution is 2.26. The van der Waals surface area contributed by atoms with Gasteiger partial charge in [0, 0.05) is 29.4 Å². The predicted octanol–water partition coefficient (Wildman–Crippen LogP) is 4.27. The number of halogens is 1. The Balaban J connectivity index is 1.21. The number of anilines is 2. The maximum Gasteiger partial charge on any atom is 0.255 e. The minimum absolute atomic E-state index is 0.0752. The van der Waals surface area contributed by atoms with E-state index in [-0.39, 0.29) is 5.56 Å². The highest BCUT2D eigenvalue weighted by atomic mass is 35.5. The van der Waals surface area contributed by atoms with Gasteiger partial charge in [0.2, 0.25) is 0 Å². The number of rotatable bonds is 5. The van der Waals surface area contributed by atoms with Crippen LogP contribution in [0.3, 0.4) is 0 Å². The first-order valence-electron chi connectivity index (χ1n) is 10.2. The predicted molar refractivity (Wildman–Crippen MR) is 123 cm³/mol. The molecule has 0 unspecified atom stereocenters. The van der Waals surface area contributed by atoms with Crippen molar-refractivity contribution in [2.75, 3.05) is 10.6 Å². The molecule has 0 bridgehead atoms. The Hall–Kier alpha value is -3.45. The van der Waals surface area contributed by atoms with Crippen molar-refractivity contribution in [2.45, 2.75) is 31.3 Å². The van der Waals surface area contributed by atoms with Gasteiger partial charge >= 0.3 is 0 Å². The Morgan fingerprint density at radius 1 is 0.903 bits per heavy atom. The summed E-state index contributed by atoms with van der Waals surface area (Å²) in [5, 5.41) is 7.64. The summed E-state index contributed by atoms with van der Waals surface area (Å²) in [6.07, 6.45) is 8.24. The smallest absolute Gasteiger partial charge is 0.255 e. The van der Waals surface area contributed by atoms with Crippen molar-refractivity contribution in [1.29, 1.82) is 0 Å². The lowest BCUT2D eigenvalue weighted by atomic mass is 10.2. The van der Waals surface area contributed by atoms with Gasteiger partial charge in [-0.05, 0) is 55.7 Å². The van der Waals surface area contributed by atoms with E-state index in [0.29, 0.717) is 17.1 Å². The minimum atomic E-state index is -0.0752. The molecule has 31 heavy (non-hydrogen) atoms. The molecule has 1 saturated carbocycles. The van der Waals surface area contributed by atoms with Gasteiger partial charge in [-0.25, -0.2) is 9.97 Å². The van der Waals surface area contributed by atoms with E-state index in [1.54, 1.807) is 29.2 Å². The molecule has 8 heteroatoms. The van der Waals surface area contributed by atoms with Crippen molar-refractivity contribution in [1.82, 2.24) is 19.5 Å². The second kappa shape index (κ2) is 8.35. The van der Waals surface area contributed by atoms with E-state index in [4.69, 9.17) is 11.6 Å².